The van der Waals surface area contributed by atoms with Gasteiger partial charge in [0.2, 0.25) is 5.91 Å². The van der Waals surface area contributed by atoms with Crippen LogP contribution in [0.2, 0.25) is 0 Å². The lowest BCUT2D eigenvalue weighted by Crippen LogP contribution is -2.33. The summed E-state index contributed by atoms with van der Waals surface area (Å²) in [6, 6.07) is 10.2. The zero-order valence-electron chi connectivity index (χ0n) is 18.1. The number of nitrogens with zero attached hydrogens (tertiary/aromatic N) is 3. The second-order valence-corrected chi connectivity index (χ2v) is 8.23. The van der Waals surface area contributed by atoms with Gasteiger partial charge in [0.25, 0.3) is 5.56 Å². The third kappa shape index (κ3) is 3.66. The minimum atomic E-state index is -0.0201. The van der Waals surface area contributed by atoms with E-state index in [0.29, 0.717) is 25.4 Å². The van der Waals surface area contributed by atoms with Crippen LogP contribution in [0.4, 0.5) is 0 Å². The number of benzene rings is 1. The van der Waals surface area contributed by atoms with Gasteiger partial charge in [-0.2, -0.15) is 5.10 Å². The summed E-state index contributed by atoms with van der Waals surface area (Å²) in [5.41, 5.74) is 4.29. The van der Waals surface area contributed by atoms with E-state index in [-0.39, 0.29) is 11.5 Å². The Labute approximate surface area is 176 Å². The van der Waals surface area contributed by atoms with E-state index in [1.165, 1.54) is 12.8 Å². The largest absolute Gasteiger partial charge is 0.353 e. The van der Waals surface area contributed by atoms with Gasteiger partial charge in [-0.3, -0.25) is 14.2 Å². The molecule has 1 fully saturated rings. The van der Waals surface area contributed by atoms with Crippen molar-refractivity contribution in [3.63, 3.8) is 0 Å². The topological polar surface area (TPSA) is 68.9 Å². The van der Waals surface area contributed by atoms with Gasteiger partial charge in [0, 0.05) is 30.0 Å². The Kier molecular flexibility index (Phi) is 5.75. The first-order valence-corrected chi connectivity index (χ1v) is 11.0. The predicted octanol–water partition coefficient (Wildman–Crippen LogP) is 3.82. The monoisotopic (exact) mass is 406 g/mol. The molecular weight excluding hydrogens is 376 g/mol. The number of aromatic nitrogens is 3. The van der Waals surface area contributed by atoms with Gasteiger partial charge in [-0.05, 0) is 57.7 Å². The van der Waals surface area contributed by atoms with Gasteiger partial charge < -0.3 is 5.32 Å². The highest BCUT2D eigenvalue weighted by molar-refractivity contribution is 5.85. The minimum absolute atomic E-state index is 0.0201. The van der Waals surface area contributed by atoms with Crippen LogP contribution < -0.4 is 10.9 Å². The molecule has 30 heavy (non-hydrogen) atoms. The molecule has 0 radical (unpaired) electrons. The third-order valence-electron chi connectivity index (χ3n) is 6.26. The fourth-order valence-electron chi connectivity index (χ4n) is 4.72. The summed E-state index contributed by atoms with van der Waals surface area (Å²) in [5, 5.41) is 8.89. The molecule has 6 heteroatoms. The Hall–Kier alpha value is -2.89. The van der Waals surface area contributed by atoms with Crippen molar-refractivity contribution in [2.24, 2.45) is 0 Å². The SMILES string of the molecule is CCn1c(=O)c(CCC(=O)NC2CCCC2)c(C)c2c(C)nn(-c3ccccc3)c21. The number of para-hydroxylation sites is 1. The van der Waals surface area contributed by atoms with Crippen molar-refractivity contribution in [1.29, 1.82) is 0 Å². The van der Waals surface area contributed by atoms with Crippen LogP contribution in [-0.2, 0) is 17.8 Å². The lowest BCUT2D eigenvalue weighted by molar-refractivity contribution is -0.121. The maximum atomic E-state index is 13.4. The molecule has 1 N–H and O–H groups in total. The smallest absolute Gasteiger partial charge is 0.255 e. The van der Waals surface area contributed by atoms with E-state index < -0.39 is 0 Å². The standard InChI is InChI=1S/C24H30N4O2/c1-4-27-23-22(17(3)26-28(23)19-12-6-5-7-13-19)16(2)20(24(27)30)14-15-21(29)25-18-10-8-9-11-18/h5-7,12-13,18H,4,8-11,14-15H2,1-3H3,(H,25,29). The van der Waals surface area contributed by atoms with E-state index in [9.17, 15) is 9.59 Å². The number of rotatable bonds is 6. The van der Waals surface area contributed by atoms with Gasteiger partial charge in [-0.1, -0.05) is 31.0 Å². The van der Waals surface area contributed by atoms with Crippen LogP contribution >= 0.6 is 0 Å². The van der Waals surface area contributed by atoms with Crippen molar-refractivity contribution in [2.75, 3.05) is 0 Å². The number of carbonyl (C=O) groups is 1. The molecule has 2 aromatic heterocycles. The molecular formula is C24H30N4O2. The van der Waals surface area contributed by atoms with Crippen LogP contribution in [-0.4, -0.2) is 26.3 Å². The summed E-state index contributed by atoms with van der Waals surface area (Å²) in [6.07, 6.45) is 5.30. The van der Waals surface area contributed by atoms with E-state index in [2.05, 4.69) is 5.32 Å². The molecule has 0 spiro atoms. The lowest BCUT2D eigenvalue weighted by atomic mass is 10.0. The molecule has 158 valence electrons. The molecule has 1 aromatic carbocycles. The van der Waals surface area contributed by atoms with Gasteiger partial charge in [0.15, 0.2) is 0 Å². The van der Waals surface area contributed by atoms with Crippen LogP contribution in [0.3, 0.4) is 0 Å². The number of nitrogens with one attached hydrogen (secondary N) is 1. The molecule has 2 heterocycles. The lowest BCUT2D eigenvalue weighted by Gasteiger charge is -2.15. The maximum Gasteiger partial charge on any atom is 0.255 e. The number of hydrogen-bond donors (Lipinski definition) is 1. The average molecular weight is 407 g/mol. The highest BCUT2D eigenvalue weighted by atomic mass is 16.1. The summed E-state index contributed by atoms with van der Waals surface area (Å²) < 4.78 is 3.65. The van der Waals surface area contributed by atoms with Crippen molar-refractivity contribution >= 4 is 16.9 Å². The number of fused-ring (bicyclic) bond motifs is 1. The van der Waals surface area contributed by atoms with Gasteiger partial charge in [0.05, 0.1) is 11.4 Å². The number of carbonyl (C=O) groups excluding carboxylic acids is 1. The maximum absolute atomic E-state index is 13.4. The first-order valence-electron chi connectivity index (χ1n) is 11.0. The van der Waals surface area contributed by atoms with Crippen molar-refractivity contribution < 1.29 is 4.79 Å². The second-order valence-electron chi connectivity index (χ2n) is 8.23. The fourth-order valence-corrected chi connectivity index (χ4v) is 4.72. The van der Waals surface area contributed by atoms with Crippen molar-refractivity contribution in [3.8, 4) is 5.69 Å². The summed E-state index contributed by atoms with van der Waals surface area (Å²) in [4.78, 5) is 25.8. The number of aryl methyl sites for hydroxylation is 3. The van der Waals surface area contributed by atoms with Crippen molar-refractivity contribution in [2.45, 2.75) is 71.9 Å². The Morgan fingerprint density at radius 1 is 1.17 bits per heavy atom. The zero-order chi connectivity index (χ0) is 21.3. The third-order valence-corrected chi connectivity index (χ3v) is 6.26. The number of hydrogen-bond acceptors (Lipinski definition) is 3. The zero-order valence-corrected chi connectivity index (χ0v) is 18.1. The highest BCUT2D eigenvalue weighted by Gasteiger charge is 2.22. The van der Waals surface area contributed by atoms with Crippen LogP contribution in [0.5, 0.6) is 0 Å². The highest BCUT2D eigenvalue weighted by Crippen LogP contribution is 2.26. The molecule has 1 amide bonds. The van der Waals surface area contributed by atoms with Gasteiger partial charge in [0.1, 0.15) is 5.65 Å². The van der Waals surface area contributed by atoms with E-state index in [0.717, 1.165) is 46.4 Å². The Bertz CT molecular complexity index is 1120. The molecule has 6 nitrogen and oxygen atoms in total. The van der Waals surface area contributed by atoms with Gasteiger partial charge in [-0.25, -0.2) is 4.68 Å². The minimum Gasteiger partial charge on any atom is -0.353 e. The van der Waals surface area contributed by atoms with E-state index in [1.807, 2.05) is 55.8 Å². The van der Waals surface area contributed by atoms with Crippen LogP contribution in [0.25, 0.3) is 16.7 Å². The Balaban J connectivity index is 1.72. The molecule has 4 rings (SSSR count). The summed E-state index contributed by atoms with van der Waals surface area (Å²) in [6.45, 7) is 6.49. The molecule has 1 saturated carbocycles. The molecule has 0 aliphatic heterocycles. The van der Waals surface area contributed by atoms with Crippen LogP contribution in [0.1, 0.15) is 55.8 Å². The normalized spacial score (nSPS) is 14.5. The summed E-state index contributed by atoms with van der Waals surface area (Å²) in [5.74, 6) is 0.0422. The predicted molar refractivity (Wildman–Crippen MR) is 119 cm³/mol. The van der Waals surface area contributed by atoms with Crippen molar-refractivity contribution in [1.82, 2.24) is 19.7 Å². The molecule has 0 atom stereocenters. The average Bonchev–Trinajstić information content (AvgIpc) is 3.37. The molecule has 1 aliphatic rings. The van der Waals surface area contributed by atoms with E-state index in [4.69, 9.17) is 5.10 Å². The molecule has 0 bridgehead atoms. The summed E-state index contributed by atoms with van der Waals surface area (Å²) >= 11 is 0. The van der Waals surface area contributed by atoms with Crippen molar-refractivity contribution in [3.05, 3.63) is 57.5 Å². The van der Waals surface area contributed by atoms with Crippen LogP contribution in [0, 0.1) is 13.8 Å². The van der Waals surface area contributed by atoms with Gasteiger partial charge >= 0.3 is 0 Å². The quantitative estimate of drug-likeness (QED) is 0.677. The molecule has 0 saturated heterocycles. The van der Waals surface area contributed by atoms with Crippen LogP contribution in [0.15, 0.2) is 35.1 Å². The number of pyridine rings is 1. The molecule has 1 aliphatic carbocycles. The molecule has 0 unspecified atom stereocenters. The molecule has 3 aromatic rings. The van der Waals surface area contributed by atoms with E-state index >= 15 is 0 Å². The summed E-state index contributed by atoms with van der Waals surface area (Å²) in [7, 11) is 0. The Morgan fingerprint density at radius 3 is 2.53 bits per heavy atom. The van der Waals surface area contributed by atoms with Gasteiger partial charge in [-0.15, -0.1) is 0 Å². The first kappa shape index (κ1) is 20.4. The second kappa shape index (κ2) is 8.46. The fraction of sp³-hybridized carbons (Fsp3) is 0.458. The van der Waals surface area contributed by atoms with E-state index in [1.54, 1.807) is 4.57 Å². The Morgan fingerprint density at radius 2 is 1.87 bits per heavy atom. The first-order chi connectivity index (χ1) is 14.5. The number of amides is 1.